The molecule has 0 aliphatic carbocycles. The van der Waals surface area contributed by atoms with Gasteiger partial charge in [-0.2, -0.15) is 13.2 Å². The lowest BCUT2D eigenvalue weighted by Gasteiger charge is -2.16. The van der Waals surface area contributed by atoms with E-state index >= 15 is 0 Å². The van der Waals surface area contributed by atoms with Crippen LogP contribution in [0.5, 0.6) is 0 Å². The maximum absolute atomic E-state index is 12.2. The molecular weight excluding hydrogens is 283 g/mol. The number of hydrogen-bond acceptors (Lipinski definition) is 3. The van der Waals surface area contributed by atoms with Crippen molar-refractivity contribution in [2.45, 2.75) is 25.7 Å². The van der Waals surface area contributed by atoms with Crippen LogP contribution in [-0.2, 0) is 6.54 Å². The fourth-order valence-corrected chi connectivity index (χ4v) is 2.00. The van der Waals surface area contributed by atoms with Crippen molar-refractivity contribution in [3.05, 3.63) is 48.0 Å². The van der Waals surface area contributed by atoms with Gasteiger partial charge in [-0.1, -0.05) is 18.2 Å². The van der Waals surface area contributed by atoms with E-state index in [4.69, 9.17) is 5.11 Å². The van der Waals surface area contributed by atoms with Crippen LogP contribution in [-0.4, -0.2) is 33.5 Å². The summed E-state index contributed by atoms with van der Waals surface area (Å²) in [4.78, 5) is 4.18. The smallest absolute Gasteiger partial charge is 0.382 e. The van der Waals surface area contributed by atoms with Gasteiger partial charge in [0, 0.05) is 18.8 Å². The lowest BCUT2D eigenvalue weighted by molar-refractivity contribution is -0.201. The molecule has 2 rings (SSSR count). The standard InChI is InChI=1S/C14H16F3N3O/c1-10-19-8-12(7-18-9-13(21)14(15,16)17)20(10)11-5-3-2-4-6-11/h2-6,8,13,18,21H,7,9H2,1H3. The second-order valence-corrected chi connectivity index (χ2v) is 4.66. The number of aliphatic hydroxyl groups excluding tert-OH is 1. The van der Waals surface area contributed by atoms with Crippen LogP contribution in [0.25, 0.3) is 5.69 Å². The van der Waals surface area contributed by atoms with Crippen molar-refractivity contribution >= 4 is 0 Å². The second kappa shape index (κ2) is 6.28. The molecule has 2 aromatic rings. The van der Waals surface area contributed by atoms with Crippen molar-refractivity contribution in [3.8, 4) is 5.69 Å². The molecule has 0 fully saturated rings. The highest BCUT2D eigenvalue weighted by atomic mass is 19.4. The van der Waals surface area contributed by atoms with Crippen LogP contribution in [0.4, 0.5) is 13.2 Å². The van der Waals surface area contributed by atoms with E-state index in [2.05, 4.69) is 10.3 Å². The molecule has 0 spiro atoms. The summed E-state index contributed by atoms with van der Waals surface area (Å²) in [5.41, 5.74) is 1.62. The van der Waals surface area contributed by atoms with Gasteiger partial charge < -0.3 is 10.4 Å². The number of aromatic nitrogens is 2. The number of aryl methyl sites for hydroxylation is 1. The van der Waals surface area contributed by atoms with Gasteiger partial charge in [0.1, 0.15) is 5.82 Å². The first kappa shape index (κ1) is 15.5. The molecule has 1 aromatic heterocycles. The minimum Gasteiger partial charge on any atom is -0.382 e. The minimum absolute atomic E-state index is 0.183. The minimum atomic E-state index is -4.61. The van der Waals surface area contributed by atoms with Crippen molar-refractivity contribution in [1.82, 2.24) is 14.9 Å². The quantitative estimate of drug-likeness (QED) is 0.890. The molecule has 7 heteroatoms. The Hall–Kier alpha value is -1.86. The molecule has 1 atom stereocenters. The number of aliphatic hydroxyl groups is 1. The highest BCUT2D eigenvalue weighted by Crippen LogP contribution is 2.19. The molecule has 0 saturated carbocycles. The predicted molar refractivity (Wildman–Crippen MR) is 72.1 cm³/mol. The monoisotopic (exact) mass is 299 g/mol. The van der Waals surface area contributed by atoms with Gasteiger partial charge in [-0.15, -0.1) is 0 Å². The Balaban J connectivity index is 2.06. The van der Waals surface area contributed by atoms with Gasteiger partial charge in [-0.25, -0.2) is 4.98 Å². The van der Waals surface area contributed by atoms with E-state index in [1.807, 2.05) is 41.8 Å². The Kier molecular flexibility index (Phi) is 4.64. The summed E-state index contributed by atoms with van der Waals surface area (Å²) in [6.45, 7) is 1.45. The van der Waals surface area contributed by atoms with Crippen molar-refractivity contribution in [3.63, 3.8) is 0 Å². The molecule has 1 unspecified atom stereocenters. The SMILES string of the molecule is Cc1ncc(CNCC(O)C(F)(F)F)n1-c1ccccc1. The summed E-state index contributed by atoms with van der Waals surface area (Å²) in [6.07, 6.45) is -5.37. The van der Waals surface area contributed by atoms with E-state index in [1.54, 1.807) is 6.20 Å². The van der Waals surface area contributed by atoms with Gasteiger partial charge >= 0.3 is 6.18 Å². The number of para-hydroxylation sites is 1. The zero-order valence-corrected chi connectivity index (χ0v) is 11.4. The van der Waals surface area contributed by atoms with Crippen molar-refractivity contribution < 1.29 is 18.3 Å². The Labute approximate surface area is 120 Å². The van der Waals surface area contributed by atoms with Crippen molar-refractivity contribution in [2.75, 3.05) is 6.54 Å². The Morgan fingerprint density at radius 1 is 1.29 bits per heavy atom. The lowest BCUT2D eigenvalue weighted by Crippen LogP contribution is -2.38. The first-order valence-corrected chi connectivity index (χ1v) is 6.43. The maximum atomic E-state index is 12.2. The van der Waals surface area contributed by atoms with E-state index in [0.29, 0.717) is 0 Å². The number of alkyl halides is 3. The summed E-state index contributed by atoms with van der Waals surface area (Å²) in [7, 11) is 0. The average molecular weight is 299 g/mol. The molecule has 1 heterocycles. The molecule has 0 aliphatic rings. The first-order chi connectivity index (χ1) is 9.89. The number of hydrogen-bond donors (Lipinski definition) is 2. The van der Waals surface area contributed by atoms with Crippen LogP contribution < -0.4 is 5.32 Å². The van der Waals surface area contributed by atoms with Crippen LogP contribution in [0.1, 0.15) is 11.5 Å². The number of imidazole rings is 1. The first-order valence-electron chi connectivity index (χ1n) is 6.43. The Morgan fingerprint density at radius 2 is 1.95 bits per heavy atom. The molecule has 2 N–H and O–H groups in total. The Bertz CT molecular complexity index is 581. The number of halogens is 3. The van der Waals surface area contributed by atoms with Crippen LogP contribution in [0.15, 0.2) is 36.5 Å². The van der Waals surface area contributed by atoms with Gasteiger partial charge in [0.05, 0.1) is 11.9 Å². The van der Waals surface area contributed by atoms with Gasteiger partial charge in [0.2, 0.25) is 0 Å². The van der Waals surface area contributed by atoms with Crippen LogP contribution >= 0.6 is 0 Å². The fraction of sp³-hybridized carbons (Fsp3) is 0.357. The zero-order chi connectivity index (χ0) is 15.5. The normalized spacial score (nSPS) is 13.4. The third kappa shape index (κ3) is 3.83. The van der Waals surface area contributed by atoms with Gasteiger partial charge in [-0.3, -0.25) is 4.57 Å². The number of nitrogens with zero attached hydrogens (tertiary/aromatic N) is 2. The number of benzene rings is 1. The molecular formula is C14H16F3N3O. The summed E-state index contributed by atoms with van der Waals surface area (Å²) in [5.74, 6) is 0.745. The van der Waals surface area contributed by atoms with Crippen LogP contribution in [0, 0.1) is 6.92 Å². The van der Waals surface area contributed by atoms with E-state index < -0.39 is 18.8 Å². The topological polar surface area (TPSA) is 50.1 Å². The highest BCUT2D eigenvalue weighted by Gasteiger charge is 2.37. The van der Waals surface area contributed by atoms with Gasteiger partial charge in [-0.05, 0) is 19.1 Å². The van der Waals surface area contributed by atoms with Gasteiger partial charge in [0.15, 0.2) is 6.10 Å². The van der Waals surface area contributed by atoms with E-state index in [9.17, 15) is 13.2 Å². The van der Waals surface area contributed by atoms with E-state index in [1.165, 1.54) is 0 Å². The number of nitrogens with one attached hydrogen (secondary N) is 1. The average Bonchev–Trinajstić information content (AvgIpc) is 2.80. The van der Waals surface area contributed by atoms with Gasteiger partial charge in [0.25, 0.3) is 0 Å². The third-order valence-corrected chi connectivity index (χ3v) is 3.05. The number of rotatable bonds is 5. The second-order valence-electron chi connectivity index (χ2n) is 4.66. The molecule has 1 aromatic carbocycles. The lowest BCUT2D eigenvalue weighted by atomic mass is 10.3. The fourth-order valence-electron chi connectivity index (χ4n) is 2.00. The van der Waals surface area contributed by atoms with Crippen LogP contribution in [0.2, 0.25) is 0 Å². The molecule has 21 heavy (non-hydrogen) atoms. The molecule has 0 aliphatic heterocycles. The molecule has 114 valence electrons. The predicted octanol–water partition coefficient (Wildman–Crippen LogP) is 2.19. The third-order valence-electron chi connectivity index (χ3n) is 3.05. The molecule has 0 saturated heterocycles. The zero-order valence-electron chi connectivity index (χ0n) is 11.4. The van der Waals surface area contributed by atoms with E-state index in [-0.39, 0.29) is 6.54 Å². The van der Waals surface area contributed by atoms with Crippen molar-refractivity contribution in [1.29, 1.82) is 0 Å². The molecule has 0 radical (unpaired) electrons. The summed E-state index contributed by atoms with van der Waals surface area (Å²) < 4.78 is 38.5. The summed E-state index contributed by atoms with van der Waals surface area (Å²) >= 11 is 0. The maximum Gasteiger partial charge on any atom is 0.415 e. The van der Waals surface area contributed by atoms with Crippen LogP contribution in [0.3, 0.4) is 0 Å². The highest BCUT2D eigenvalue weighted by molar-refractivity contribution is 5.35. The summed E-state index contributed by atoms with van der Waals surface area (Å²) in [6, 6.07) is 9.41. The molecule has 4 nitrogen and oxygen atoms in total. The summed E-state index contributed by atoms with van der Waals surface area (Å²) in [5, 5.41) is 11.5. The van der Waals surface area contributed by atoms with Crippen molar-refractivity contribution in [2.24, 2.45) is 0 Å². The largest absolute Gasteiger partial charge is 0.415 e. The molecule has 0 bridgehead atoms. The molecule has 0 amide bonds. The van der Waals surface area contributed by atoms with E-state index in [0.717, 1.165) is 17.2 Å². The Morgan fingerprint density at radius 3 is 2.57 bits per heavy atom.